The standard InChI is InChI=1S/C26H32O2/c1-4-5-8-23-17-21(11-10-20-12-14-24(28-3)15-13-20)18-25(27)26(23)22-9-6-7-19(2)16-22/h10-18,22,27H,4-9H2,1-3H3/b11-10+. The first-order valence-corrected chi connectivity index (χ1v) is 10.5. The number of unbranched alkanes of at least 4 members (excludes halogenated alkanes) is 1. The Labute approximate surface area is 169 Å². The van der Waals surface area contributed by atoms with Gasteiger partial charge in [-0.15, -0.1) is 0 Å². The molecular formula is C26H32O2. The highest BCUT2D eigenvalue weighted by molar-refractivity contribution is 5.71. The lowest BCUT2D eigenvalue weighted by atomic mass is 9.82. The topological polar surface area (TPSA) is 29.5 Å². The van der Waals surface area contributed by atoms with E-state index in [0.29, 0.717) is 11.7 Å². The lowest BCUT2D eigenvalue weighted by Crippen LogP contribution is -2.06. The van der Waals surface area contributed by atoms with Crippen LogP contribution in [0.4, 0.5) is 0 Å². The van der Waals surface area contributed by atoms with Crippen LogP contribution in [0.3, 0.4) is 0 Å². The fraction of sp³-hybridized carbons (Fsp3) is 0.385. The van der Waals surface area contributed by atoms with Gasteiger partial charge in [0.05, 0.1) is 7.11 Å². The minimum atomic E-state index is 0.347. The molecule has 1 aliphatic rings. The van der Waals surface area contributed by atoms with E-state index in [2.05, 4.69) is 38.1 Å². The fourth-order valence-electron chi connectivity index (χ4n) is 4.07. The molecule has 2 aromatic rings. The normalized spacial score (nSPS) is 17.0. The van der Waals surface area contributed by atoms with Crippen LogP contribution in [-0.4, -0.2) is 12.2 Å². The molecule has 0 heterocycles. The number of phenols is 1. The summed E-state index contributed by atoms with van der Waals surface area (Å²) in [6, 6.07) is 12.2. The van der Waals surface area contributed by atoms with Gasteiger partial charge in [0, 0.05) is 11.5 Å². The van der Waals surface area contributed by atoms with E-state index in [-0.39, 0.29) is 0 Å². The van der Waals surface area contributed by atoms with Crippen molar-refractivity contribution in [2.24, 2.45) is 0 Å². The van der Waals surface area contributed by atoms with Gasteiger partial charge in [0.1, 0.15) is 11.5 Å². The molecule has 2 nitrogen and oxygen atoms in total. The summed E-state index contributed by atoms with van der Waals surface area (Å²) in [5.74, 6) is 1.65. The number of aromatic hydroxyl groups is 1. The summed E-state index contributed by atoms with van der Waals surface area (Å²) < 4.78 is 5.22. The third-order valence-electron chi connectivity index (χ3n) is 5.59. The second-order valence-corrected chi connectivity index (χ2v) is 7.83. The molecule has 2 heteroatoms. The van der Waals surface area contributed by atoms with Crippen molar-refractivity contribution in [2.75, 3.05) is 7.11 Å². The highest BCUT2D eigenvalue weighted by Crippen LogP contribution is 2.39. The Hall–Kier alpha value is -2.48. The fourth-order valence-corrected chi connectivity index (χ4v) is 4.07. The highest BCUT2D eigenvalue weighted by Gasteiger charge is 2.20. The Kier molecular flexibility index (Phi) is 6.97. The van der Waals surface area contributed by atoms with Crippen LogP contribution >= 0.6 is 0 Å². The summed E-state index contributed by atoms with van der Waals surface area (Å²) in [5.41, 5.74) is 6.06. The van der Waals surface area contributed by atoms with Gasteiger partial charge in [-0.1, -0.05) is 55.3 Å². The summed E-state index contributed by atoms with van der Waals surface area (Å²) in [4.78, 5) is 0. The van der Waals surface area contributed by atoms with Crippen molar-refractivity contribution in [2.45, 2.75) is 58.3 Å². The predicted molar refractivity (Wildman–Crippen MR) is 119 cm³/mol. The van der Waals surface area contributed by atoms with E-state index in [0.717, 1.165) is 48.1 Å². The Morgan fingerprint density at radius 3 is 2.54 bits per heavy atom. The molecule has 1 atom stereocenters. The van der Waals surface area contributed by atoms with E-state index < -0.39 is 0 Å². The Bertz CT molecular complexity index is 843. The molecule has 1 aliphatic carbocycles. The molecule has 0 aromatic heterocycles. The average molecular weight is 377 g/mol. The van der Waals surface area contributed by atoms with Gasteiger partial charge in [0.25, 0.3) is 0 Å². The monoisotopic (exact) mass is 376 g/mol. The number of allylic oxidation sites excluding steroid dienone is 2. The molecule has 0 spiro atoms. The van der Waals surface area contributed by atoms with E-state index in [1.54, 1.807) is 7.11 Å². The third kappa shape index (κ3) is 5.07. The van der Waals surface area contributed by atoms with Gasteiger partial charge in [-0.2, -0.15) is 0 Å². The number of benzene rings is 2. The van der Waals surface area contributed by atoms with Crippen molar-refractivity contribution in [1.29, 1.82) is 0 Å². The number of methoxy groups -OCH3 is 1. The van der Waals surface area contributed by atoms with Crippen molar-refractivity contribution in [1.82, 2.24) is 0 Å². The summed E-state index contributed by atoms with van der Waals surface area (Å²) in [7, 11) is 1.68. The molecule has 2 aromatic carbocycles. The first kappa shape index (κ1) is 20.3. The molecule has 0 saturated heterocycles. The van der Waals surface area contributed by atoms with Crippen LogP contribution in [0.15, 0.2) is 48.0 Å². The predicted octanol–water partition coefficient (Wildman–Crippen LogP) is 7.13. The van der Waals surface area contributed by atoms with Crippen molar-refractivity contribution >= 4 is 12.2 Å². The zero-order chi connectivity index (χ0) is 19.9. The minimum absolute atomic E-state index is 0.347. The molecule has 1 N–H and O–H groups in total. The average Bonchev–Trinajstić information content (AvgIpc) is 2.70. The van der Waals surface area contributed by atoms with E-state index in [1.807, 2.05) is 30.3 Å². The first-order valence-electron chi connectivity index (χ1n) is 10.5. The molecule has 1 unspecified atom stereocenters. The third-order valence-corrected chi connectivity index (χ3v) is 5.59. The molecule has 0 radical (unpaired) electrons. The quantitative estimate of drug-likeness (QED) is 0.411. The van der Waals surface area contributed by atoms with Crippen LogP contribution in [0.25, 0.3) is 12.2 Å². The van der Waals surface area contributed by atoms with E-state index in [4.69, 9.17) is 4.74 Å². The van der Waals surface area contributed by atoms with Gasteiger partial charge in [-0.05, 0) is 73.9 Å². The van der Waals surface area contributed by atoms with Gasteiger partial charge in [0.2, 0.25) is 0 Å². The van der Waals surface area contributed by atoms with Crippen molar-refractivity contribution in [3.05, 3.63) is 70.3 Å². The van der Waals surface area contributed by atoms with Gasteiger partial charge < -0.3 is 9.84 Å². The first-order chi connectivity index (χ1) is 13.6. The van der Waals surface area contributed by atoms with Gasteiger partial charge >= 0.3 is 0 Å². The maximum absolute atomic E-state index is 10.9. The van der Waals surface area contributed by atoms with Crippen molar-refractivity contribution in [3.8, 4) is 11.5 Å². The number of phenolic OH excluding ortho intramolecular Hbond substituents is 1. The molecule has 0 aliphatic heterocycles. The number of rotatable bonds is 7. The zero-order valence-corrected chi connectivity index (χ0v) is 17.4. The molecule has 0 fully saturated rings. The Morgan fingerprint density at radius 2 is 1.86 bits per heavy atom. The molecule has 3 rings (SSSR count). The van der Waals surface area contributed by atoms with E-state index >= 15 is 0 Å². The van der Waals surface area contributed by atoms with Crippen LogP contribution in [0.5, 0.6) is 11.5 Å². The number of ether oxygens (including phenoxy) is 1. The number of aryl methyl sites for hydroxylation is 1. The highest BCUT2D eigenvalue weighted by atomic mass is 16.5. The summed E-state index contributed by atoms with van der Waals surface area (Å²) in [6.07, 6.45) is 13.4. The van der Waals surface area contributed by atoms with Crippen LogP contribution in [0.2, 0.25) is 0 Å². The second kappa shape index (κ2) is 9.64. The van der Waals surface area contributed by atoms with Gasteiger partial charge in [-0.25, -0.2) is 0 Å². The number of hydrogen-bond donors (Lipinski definition) is 1. The summed E-state index contributed by atoms with van der Waals surface area (Å²) >= 11 is 0. The Balaban J connectivity index is 1.91. The van der Waals surface area contributed by atoms with Crippen LogP contribution in [0.1, 0.15) is 74.1 Å². The van der Waals surface area contributed by atoms with Crippen molar-refractivity contribution < 1.29 is 9.84 Å². The molecule has 148 valence electrons. The van der Waals surface area contributed by atoms with Crippen LogP contribution < -0.4 is 4.74 Å². The van der Waals surface area contributed by atoms with Gasteiger partial charge in [0.15, 0.2) is 0 Å². The lowest BCUT2D eigenvalue weighted by Gasteiger charge is -2.24. The summed E-state index contributed by atoms with van der Waals surface area (Å²) in [5, 5.41) is 10.9. The maximum Gasteiger partial charge on any atom is 0.120 e. The molecule has 0 amide bonds. The molecule has 0 saturated carbocycles. The van der Waals surface area contributed by atoms with Crippen LogP contribution in [-0.2, 0) is 6.42 Å². The largest absolute Gasteiger partial charge is 0.508 e. The maximum atomic E-state index is 10.9. The minimum Gasteiger partial charge on any atom is -0.508 e. The van der Waals surface area contributed by atoms with E-state index in [1.165, 1.54) is 24.0 Å². The number of hydrogen-bond acceptors (Lipinski definition) is 2. The second-order valence-electron chi connectivity index (χ2n) is 7.83. The molecule has 28 heavy (non-hydrogen) atoms. The van der Waals surface area contributed by atoms with Crippen LogP contribution in [0, 0.1) is 0 Å². The summed E-state index contributed by atoms with van der Waals surface area (Å²) in [6.45, 7) is 4.43. The molecular weight excluding hydrogens is 344 g/mol. The molecule has 0 bridgehead atoms. The lowest BCUT2D eigenvalue weighted by molar-refractivity contribution is 0.415. The van der Waals surface area contributed by atoms with E-state index in [9.17, 15) is 5.11 Å². The Morgan fingerprint density at radius 1 is 1.11 bits per heavy atom. The van der Waals surface area contributed by atoms with Gasteiger partial charge in [-0.3, -0.25) is 0 Å². The SMILES string of the molecule is CCCCc1cc(/C=C/c2ccc(OC)cc2)cc(O)c1C1C=C(C)CCC1. The smallest absolute Gasteiger partial charge is 0.120 e. The van der Waals surface area contributed by atoms with Crippen molar-refractivity contribution in [3.63, 3.8) is 0 Å². The zero-order valence-electron chi connectivity index (χ0n) is 17.4.